The maximum Gasteiger partial charge on any atom is 0.322 e. The highest BCUT2D eigenvalue weighted by Gasteiger charge is 2.31. The first kappa shape index (κ1) is 17.4. The minimum atomic E-state index is -0.695. The number of hydrogen-bond acceptors (Lipinski definition) is 4. The molecule has 2 unspecified atom stereocenters. The third-order valence-electron chi connectivity index (χ3n) is 4.42. The summed E-state index contributed by atoms with van der Waals surface area (Å²) in [7, 11) is 0. The van der Waals surface area contributed by atoms with Gasteiger partial charge in [-0.3, -0.25) is 0 Å². The molecule has 0 radical (unpaired) electrons. The number of nitrogens with one attached hydrogen (secondary N) is 1. The number of rotatable bonds is 6. The zero-order chi connectivity index (χ0) is 17.6. The molecular formula is C19H24N2O4. The first-order valence-electron chi connectivity index (χ1n) is 8.69. The van der Waals surface area contributed by atoms with E-state index in [0.717, 1.165) is 24.3 Å². The summed E-state index contributed by atoms with van der Waals surface area (Å²) in [6, 6.07) is 10.7. The molecule has 2 heterocycles. The van der Waals surface area contributed by atoms with Gasteiger partial charge in [0.05, 0.1) is 12.9 Å². The first-order chi connectivity index (χ1) is 12.2. The lowest BCUT2D eigenvalue weighted by Crippen LogP contribution is -2.39. The quantitative estimate of drug-likeness (QED) is 0.836. The van der Waals surface area contributed by atoms with E-state index in [9.17, 15) is 9.90 Å². The highest BCUT2D eigenvalue weighted by Crippen LogP contribution is 2.28. The van der Waals surface area contributed by atoms with Gasteiger partial charge in [0.1, 0.15) is 17.6 Å². The monoisotopic (exact) mass is 344 g/mol. The average Bonchev–Trinajstić information content (AvgIpc) is 3.28. The number of carbonyl (C=O) groups is 1. The Bertz CT molecular complexity index is 669. The molecule has 6 nitrogen and oxygen atoms in total. The smallest absolute Gasteiger partial charge is 0.322 e. The number of aliphatic hydroxyl groups excluding tert-OH is 1. The molecule has 0 aliphatic carbocycles. The van der Waals surface area contributed by atoms with E-state index in [0.29, 0.717) is 25.3 Å². The lowest BCUT2D eigenvalue weighted by molar-refractivity contribution is 0.110. The van der Waals surface area contributed by atoms with Crippen molar-refractivity contribution in [1.29, 1.82) is 0 Å². The van der Waals surface area contributed by atoms with Gasteiger partial charge in [-0.25, -0.2) is 4.79 Å². The van der Waals surface area contributed by atoms with Crippen molar-refractivity contribution in [2.45, 2.75) is 38.3 Å². The largest absolute Gasteiger partial charge is 0.494 e. The van der Waals surface area contributed by atoms with Crippen LogP contribution in [0, 0.1) is 0 Å². The predicted octanol–water partition coefficient (Wildman–Crippen LogP) is 3.80. The predicted molar refractivity (Wildman–Crippen MR) is 94.6 cm³/mol. The summed E-state index contributed by atoms with van der Waals surface area (Å²) in [5.74, 6) is 1.32. The molecule has 6 heteroatoms. The molecule has 1 aliphatic rings. The van der Waals surface area contributed by atoms with Crippen LogP contribution in [-0.2, 0) is 0 Å². The van der Waals surface area contributed by atoms with Gasteiger partial charge in [-0.05, 0) is 56.2 Å². The fourth-order valence-corrected chi connectivity index (χ4v) is 3.20. The SMILES string of the molecule is CCOc1ccc(NC(=O)N2CCCC2CC(O)c2ccco2)cc1. The molecule has 2 atom stereocenters. The summed E-state index contributed by atoms with van der Waals surface area (Å²) >= 11 is 0. The summed E-state index contributed by atoms with van der Waals surface area (Å²) in [5, 5.41) is 13.2. The zero-order valence-corrected chi connectivity index (χ0v) is 14.4. The van der Waals surface area contributed by atoms with Crippen molar-refractivity contribution >= 4 is 11.7 Å². The number of furan rings is 1. The molecule has 1 aliphatic heterocycles. The van der Waals surface area contributed by atoms with Gasteiger partial charge in [0.2, 0.25) is 0 Å². The molecule has 1 aromatic heterocycles. The van der Waals surface area contributed by atoms with Crippen LogP contribution in [-0.4, -0.2) is 35.2 Å². The van der Waals surface area contributed by atoms with Gasteiger partial charge in [0, 0.05) is 24.7 Å². The van der Waals surface area contributed by atoms with E-state index >= 15 is 0 Å². The molecule has 1 saturated heterocycles. The lowest BCUT2D eigenvalue weighted by Gasteiger charge is -2.26. The standard InChI is InChI=1S/C19H24N2O4/c1-2-24-16-9-7-14(8-10-16)20-19(23)21-11-3-5-15(21)13-17(22)18-6-4-12-25-18/h4,6-10,12,15,17,22H,2-3,5,11,13H2,1H3,(H,20,23). The number of likely N-dealkylation sites (tertiary alicyclic amines) is 1. The minimum absolute atomic E-state index is 0.00259. The summed E-state index contributed by atoms with van der Waals surface area (Å²) in [5.41, 5.74) is 0.727. The van der Waals surface area contributed by atoms with Crippen molar-refractivity contribution in [1.82, 2.24) is 4.90 Å². The molecule has 2 N–H and O–H groups in total. The van der Waals surface area contributed by atoms with Crippen LogP contribution in [0.25, 0.3) is 0 Å². The molecule has 0 saturated carbocycles. The van der Waals surface area contributed by atoms with Crippen LogP contribution < -0.4 is 10.1 Å². The van der Waals surface area contributed by atoms with Crippen LogP contribution in [0.15, 0.2) is 47.1 Å². The van der Waals surface area contributed by atoms with E-state index in [1.54, 1.807) is 23.3 Å². The number of aliphatic hydroxyl groups is 1. The maximum absolute atomic E-state index is 12.6. The number of benzene rings is 1. The fourth-order valence-electron chi connectivity index (χ4n) is 3.20. The second-order valence-electron chi connectivity index (χ2n) is 6.14. The number of urea groups is 1. The second kappa shape index (κ2) is 8.07. The molecular weight excluding hydrogens is 320 g/mol. The Balaban J connectivity index is 1.58. The Morgan fingerprint density at radius 3 is 2.88 bits per heavy atom. The van der Waals surface area contributed by atoms with E-state index in [-0.39, 0.29) is 12.1 Å². The summed E-state index contributed by atoms with van der Waals surface area (Å²) < 4.78 is 10.6. The van der Waals surface area contributed by atoms with Gasteiger partial charge in [-0.1, -0.05) is 0 Å². The van der Waals surface area contributed by atoms with Crippen LogP contribution in [0.1, 0.15) is 38.1 Å². The molecule has 25 heavy (non-hydrogen) atoms. The topological polar surface area (TPSA) is 74.9 Å². The van der Waals surface area contributed by atoms with Crippen molar-refractivity contribution in [2.24, 2.45) is 0 Å². The highest BCUT2D eigenvalue weighted by molar-refractivity contribution is 5.89. The summed E-state index contributed by atoms with van der Waals surface area (Å²) in [4.78, 5) is 14.4. The Hall–Kier alpha value is -2.47. The van der Waals surface area contributed by atoms with Crippen LogP contribution in [0.3, 0.4) is 0 Å². The molecule has 0 bridgehead atoms. The van der Waals surface area contributed by atoms with Crippen molar-refractivity contribution in [3.63, 3.8) is 0 Å². The number of ether oxygens (including phenoxy) is 1. The van der Waals surface area contributed by atoms with Gasteiger partial charge >= 0.3 is 6.03 Å². The molecule has 3 rings (SSSR count). The Morgan fingerprint density at radius 2 is 2.20 bits per heavy atom. The van der Waals surface area contributed by atoms with E-state index in [1.165, 1.54) is 0 Å². The van der Waals surface area contributed by atoms with Crippen LogP contribution in [0.4, 0.5) is 10.5 Å². The molecule has 0 spiro atoms. The fraction of sp³-hybridized carbons (Fsp3) is 0.421. The normalized spacial score (nSPS) is 18.2. The van der Waals surface area contributed by atoms with E-state index in [4.69, 9.17) is 9.15 Å². The molecule has 2 amide bonds. The minimum Gasteiger partial charge on any atom is -0.494 e. The Kier molecular flexibility index (Phi) is 5.60. The number of nitrogens with zero attached hydrogens (tertiary/aromatic N) is 1. The van der Waals surface area contributed by atoms with Crippen molar-refractivity contribution < 1.29 is 19.1 Å². The van der Waals surface area contributed by atoms with Gasteiger partial charge in [-0.15, -0.1) is 0 Å². The third kappa shape index (κ3) is 4.33. The van der Waals surface area contributed by atoms with Crippen LogP contribution >= 0.6 is 0 Å². The van der Waals surface area contributed by atoms with E-state index in [2.05, 4.69) is 5.32 Å². The number of amides is 2. The van der Waals surface area contributed by atoms with Crippen LogP contribution in [0.5, 0.6) is 5.75 Å². The van der Waals surface area contributed by atoms with Crippen molar-refractivity contribution in [3.8, 4) is 5.75 Å². The first-order valence-corrected chi connectivity index (χ1v) is 8.69. The molecule has 1 fully saturated rings. The van der Waals surface area contributed by atoms with E-state index < -0.39 is 6.10 Å². The third-order valence-corrected chi connectivity index (χ3v) is 4.42. The average molecular weight is 344 g/mol. The van der Waals surface area contributed by atoms with Crippen LogP contribution in [0.2, 0.25) is 0 Å². The molecule has 134 valence electrons. The molecule has 2 aromatic rings. The maximum atomic E-state index is 12.6. The Labute approximate surface area is 147 Å². The summed E-state index contributed by atoms with van der Waals surface area (Å²) in [6.45, 7) is 3.23. The van der Waals surface area contributed by atoms with Gasteiger partial charge in [0.15, 0.2) is 0 Å². The van der Waals surface area contributed by atoms with Gasteiger partial charge < -0.3 is 24.5 Å². The summed E-state index contributed by atoms with van der Waals surface area (Å²) in [6.07, 6.45) is 3.15. The number of carbonyl (C=O) groups excluding carboxylic acids is 1. The van der Waals surface area contributed by atoms with E-state index in [1.807, 2.05) is 31.2 Å². The zero-order valence-electron chi connectivity index (χ0n) is 14.4. The second-order valence-corrected chi connectivity index (χ2v) is 6.14. The number of anilines is 1. The van der Waals surface area contributed by atoms with Crippen molar-refractivity contribution in [2.75, 3.05) is 18.5 Å². The van der Waals surface area contributed by atoms with Crippen molar-refractivity contribution in [3.05, 3.63) is 48.4 Å². The molecule has 1 aromatic carbocycles. The number of hydrogen-bond donors (Lipinski definition) is 2. The lowest BCUT2D eigenvalue weighted by atomic mass is 10.1. The highest BCUT2D eigenvalue weighted by atomic mass is 16.5. The van der Waals surface area contributed by atoms with Gasteiger partial charge in [0.25, 0.3) is 0 Å². The van der Waals surface area contributed by atoms with Gasteiger partial charge in [-0.2, -0.15) is 0 Å². The Morgan fingerprint density at radius 1 is 1.40 bits per heavy atom.